The molecule has 0 unspecified atom stereocenters. The van der Waals surface area contributed by atoms with Crippen molar-refractivity contribution in [2.75, 3.05) is 36.9 Å². The lowest BCUT2D eigenvalue weighted by Crippen LogP contribution is -2.12. The molecule has 6 heteroatoms. The van der Waals surface area contributed by atoms with Crippen LogP contribution in [0.1, 0.15) is 13.8 Å². The molecule has 0 radical (unpaired) electrons. The van der Waals surface area contributed by atoms with Crippen LogP contribution in [-0.4, -0.2) is 36.3 Å². The summed E-state index contributed by atoms with van der Waals surface area (Å²) < 4.78 is 5.31. The smallest absolute Gasteiger partial charge is 0.226 e. The summed E-state index contributed by atoms with van der Waals surface area (Å²) in [6, 6.07) is 2.04. The number of fused-ring (bicyclic) bond motifs is 1. The molecule has 2 heterocycles. The molecule has 0 aromatic carbocycles. The summed E-state index contributed by atoms with van der Waals surface area (Å²) in [5, 5.41) is 9.54. The zero-order valence-corrected chi connectivity index (χ0v) is 11.5. The van der Waals surface area contributed by atoms with Gasteiger partial charge in [-0.05, 0) is 25.3 Å². The fourth-order valence-corrected chi connectivity index (χ4v) is 2.38. The fraction of sp³-hybridized carbons (Fsp3) is 0.500. The maximum Gasteiger partial charge on any atom is 0.226 e. The summed E-state index contributed by atoms with van der Waals surface area (Å²) in [4.78, 5) is 9.93. The standard InChI is InChI=1S/C12H18N4OS/c1-3-13-12-15-10(14-6-7-17-4-2)9-5-8-18-11(9)16-12/h5,8H,3-4,6-7H2,1-2H3,(H2,13,14,15,16). The Bertz CT molecular complexity index is 500. The van der Waals surface area contributed by atoms with E-state index in [1.807, 2.05) is 25.3 Å². The van der Waals surface area contributed by atoms with Crippen LogP contribution in [0.3, 0.4) is 0 Å². The largest absolute Gasteiger partial charge is 0.380 e. The van der Waals surface area contributed by atoms with Gasteiger partial charge in [0.2, 0.25) is 5.95 Å². The average Bonchev–Trinajstić information content (AvgIpc) is 2.83. The minimum absolute atomic E-state index is 0.673. The SMILES string of the molecule is CCNc1nc(NCCOCC)c2ccsc2n1. The number of hydrogen-bond acceptors (Lipinski definition) is 6. The lowest BCUT2D eigenvalue weighted by atomic mass is 10.4. The minimum atomic E-state index is 0.673. The topological polar surface area (TPSA) is 59.1 Å². The zero-order valence-electron chi connectivity index (χ0n) is 10.7. The van der Waals surface area contributed by atoms with Crippen LogP contribution in [0.2, 0.25) is 0 Å². The molecule has 5 nitrogen and oxygen atoms in total. The Kier molecular flexibility index (Phi) is 4.72. The Hall–Kier alpha value is -1.40. The molecule has 0 saturated carbocycles. The third kappa shape index (κ3) is 3.08. The molecule has 2 N–H and O–H groups in total. The van der Waals surface area contributed by atoms with Crippen molar-refractivity contribution < 1.29 is 4.74 Å². The summed E-state index contributed by atoms with van der Waals surface area (Å²) in [7, 11) is 0. The van der Waals surface area contributed by atoms with Gasteiger partial charge in [-0.1, -0.05) is 0 Å². The zero-order chi connectivity index (χ0) is 12.8. The van der Waals surface area contributed by atoms with Gasteiger partial charge in [-0.15, -0.1) is 11.3 Å². The molecule has 0 amide bonds. The summed E-state index contributed by atoms with van der Waals surface area (Å²) in [6.45, 7) is 7.01. The average molecular weight is 266 g/mol. The number of anilines is 2. The molecule has 0 spiro atoms. The van der Waals surface area contributed by atoms with Crippen LogP contribution in [0.25, 0.3) is 10.2 Å². The van der Waals surface area contributed by atoms with Gasteiger partial charge in [0.25, 0.3) is 0 Å². The van der Waals surface area contributed by atoms with Crippen molar-refractivity contribution in [3.8, 4) is 0 Å². The number of thiophene rings is 1. The van der Waals surface area contributed by atoms with E-state index in [9.17, 15) is 0 Å². The van der Waals surface area contributed by atoms with Gasteiger partial charge in [-0.25, -0.2) is 4.98 Å². The molecule has 0 atom stereocenters. The van der Waals surface area contributed by atoms with E-state index >= 15 is 0 Å². The maximum atomic E-state index is 5.31. The predicted octanol–water partition coefficient (Wildman–Crippen LogP) is 2.57. The van der Waals surface area contributed by atoms with Crippen molar-refractivity contribution in [3.63, 3.8) is 0 Å². The third-order valence-corrected chi connectivity index (χ3v) is 3.21. The van der Waals surface area contributed by atoms with Crippen LogP contribution in [0.15, 0.2) is 11.4 Å². The predicted molar refractivity (Wildman–Crippen MR) is 76.6 cm³/mol. The first kappa shape index (κ1) is 13.0. The Labute approximate surface area is 111 Å². The number of nitrogens with zero attached hydrogens (tertiary/aromatic N) is 2. The van der Waals surface area contributed by atoms with E-state index < -0.39 is 0 Å². The first-order valence-corrected chi connectivity index (χ1v) is 7.03. The van der Waals surface area contributed by atoms with E-state index in [1.165, 1.54) is 0 Å². The Morgan fingerprint density at radius 2 is 2.17 bits per heavy atom. The van der Waals surface area contributed by atoms with Gasteiger partial charge in [0.15, 0.2) is 0 Å². The molecule has 0 bridgehead atoms. The Morgan fingerprint density at radius 1 is 1.28 bits per heavy atom. The van der Waals surface area contributed by atoms with Crippen LogP contribution < -0.4 is 10.6 Å². The van der Waals surface area contributed by atoms with E-state index in [0.29, 0.717) is 12.6 Å². The maximum absolute atomic E-state index is 5.31. The van der Waals surface area contributed by atoms with Crippen molar-refractivity contribution in [2.45, 2.75) is 13.8 Å². The Morgan fingerprint density at radius 3 is 2.94 bits per heavy atom. The number of aromatic nitrogens is 2. The molecule has 2 aromatic rings. The molecule has 2 aromatic heterocycles. The second-order valence-corrected chi connectivity index (χ2v) is 4.58. The number of hydrogen-bond donors (Lipinski definition) is 2. The molecule has 0 aliphatic rings. The molecular weight excluding hydrogens is 248 g/mol. The second-order valence-electron chi connectivity index (χ2n) is 3.69. The van der Waals surface area contributed by atoms with Crippen LogP contribution in [0.5, 0.6) is 0 Å². The monoisotopic (exact) mass is 266 g/mol. The molecule has 0 aliphatic heterocycles. The number of nitrogens with one attached hydrogen (secondary N) is 2. The fourth-order valence-electron chi connectivity index (χ4n) is 1.61. The van der Waals surface area contributed by atoms with Gasteiger partial charge >= 0.3 is 0 Å². The highest BCUT2D eigenvalue weighted by Crippen LogP contribution is 2.26. The molecule has 0 fully saturated rings. The van der Waals surface area contributed by atoms with Gasteiger partial charge < -0.3 is 15.4 Å². The molecule has 98 valence electrons. The van der Waals surface area contributed by atoms with Gasteiger partial charge in [0, 0.05) is 19.7 Å². The van der Waals surface area contributed by atoms with Gasteiger partial charge in [-0.3, -0.25) is 0 Å². The molecule has 18 heavy (non-hydrogen) atoms. The molecular formula is C12H18N4OS. The first-order chi connectivity index (χ1) is 8.85. The van der Waals surface area contributed by atoms with Gasteiger partial charge in [0.1, 0.15) is 10.6 Å². The summed E-state index contributed by atoms with van der Waals surface area (Å²) >= 11 is 1.62. The normalized spacial score (nSPS) is 10.8. The van der Waals surface area contributed by atoms with Gasteiger partial charge in [0.05, 0.1) is 12.0 Å². The summed E-state index contributed by atoms with van der Waals surface area (Å²) in [6.07, 6.45) is 0. The van der Waals surface area contributed by atoms with Crippen LogP contribution in [0, 0.1) is 0 Å². The van der Waals surface area contributed by atoms with Crippen molar-refractivity contribution >= 4 is 33.3 Å². The number of ether oxygens (including phenoxy) is 1. The van der Waals surface area contributed by atoms with Crippen molar-refractivity contribution in [3.05, 3.63) is 11.4 Å². The number of rotatable bonds is 7. The van der Waals surface area contributed by atoms with Crippen molar-refractivity contribution in [1.29, 1.82) is 0 Å². The van der Waals surface area contributed by atoms with E-state index in [0.717, 1.165) is 35.7 Å². The van der Waals surface area contributed by atoms with Crippen LogP contribution in [-0.2, 0) is 4.74 Å². The highest BCUT2D eigenvalue weighted by molar-refractivity contribution is 7.16. The summed E-state index contributed by atoms with van der Waals surface area (Å²) in [5.74, 6) is 1.54. The van der Waals surface area contributed by atoms with Crippen molar-refractivity contribution in [1.82, 2.24) is 9.97 Å². The van der Waals surface area contributed by atoms with E-state index in [4.69, 9.17) is 4.74 Å². The summed E-state index contributed by atoms with van der Waals surface area (Å²) in [5.41, 5.74) is 0. The van der Waals surface area contributed by atoms with E-state index in [2.05, 4.69) is 20.6 Å². The quantitative estimate of drug-likeness (QED) is 0.754. The van der Waals surface area contributed by atoms with E-state index in [-0.39, 0.29) is 0 Å². The second kappa shape index (κ2) is 6.51. The first-order valence-electron chi connectivity index (χ1n) is 6.15. The molecule has 0 saturated heterocycles. The van der Waals surface area contributed by atoms with Crippen LogP contribution in [0.4, 0.5) is 11.8 Å². The van der Waals surface area contributed by atoms with Crippen LogP contribution >= 0.6 is 11.3 Å². The lowest BCUT2D eigenvalue weighted by molar-refractivity contribution is 0.158. The molecule has 2 rings (SSSR count). The highest BCUT2D eigenvalue weighted by Gasteiger charge is 2.07. The molecule has 0 aliphatic carbocycles. The minimum Gasteiger partial charge on any atom is -0.380 e. The lowest BCUT2D eigenvalue weighted by Gasteiger charge is -2.09. The highest BCUT2D eigenvalue weighted by atomic mass is 32.1. The Balaban J connectivity index is 2.15. The third-order valence-electron chi connectivity index (χ3n) is 2.40. The van der Waals surface area contributed by atoms with Gasteiger partial charge in [-0.2, -0.15) is 4.98 Å². The van der Waals surface area contributed by atoms with Crippen molar-refractivity contribution in [2.24, 2.45) is 0 Å². The van der Waals surface area contributed by atoms with E-state index in [1.54, 1.807) is 11.3 Å².